The molecule has 2 aliphatic heterocycles. The SMILES string of the molecule is CC1Oc2ccccc2N(CC(=O)NCc2cccc(C(=O)N3CCCC3)c2)C1=O. The van der Waals surface area contributed by atoms with Gasteiger partial charge in [0.25, 0.3) is 11.8 Å². The Morgan fingerprint density at radius 3 is 2.67 bits per heavy atom. The highest BCUT2D eigenvalue weighted by Gasteiger charge is 2.32. The molecule has 0 aromatic heterocycles. The Morgan fingerprint density at radius 1 is 1.10 bits per heavy atom. The number of likely N-dealkylation sites (tertiary alicyclic amines) is 1. The van der Waals surface area contributed by atoms with Crippen LogP contribution in [0.15, 0.2) is 48.5 Å². The number of fused-ring (bicyclic) bond motifs is 1. The summed E-state index contributed by atoms with van der Waals surface area (Å²) >= 11 is 0. The van der Waals surface area contributed by atoms with Crippen molar-refractivity contribution in [2.45, 2.75) is 32.4 Å². The number of hydrogen-bond acceptors (Lipinski definition) is 4. The Morgan fingerprint density at radius 2 is 1.87 bits per heavy atom. The number of amides is 3. The van der Waals surface area contributed by atoms with Gasteiger partial charge in [0.1, 0.15) is 12.3 Å². The van der Waals surface area contributed by atoms with Gasteiger partial charge >= 0.3 is 0 Å². The largest absolute Gasteiger partial charge is 0.479 e. The molecule has 1 N–H and O–H groups in total. The van der Waals surface area contributed by atoms with Crippen molar-refractivity contribution < 1.29 is 19.1 Å². The lowest BCUT2D eigenvalue weighted by atomic mass is 10.1. The minimum atomic E-state index is -0.638. The molecule has 7 heteroatoms. The molecule has 0 spiro atoms. The molecule has 2 aliphatic rings. The predicted molar refractivity (Wildman–Crippen MR) is 112 cm³/mol. The van der Waals surface area contributed by atoms with E-state index in [4.69, 9.17) is 4.74 Å². The molecule has 4 rings (SSSR count). The van der Waals surface area contributed by atoms with Gasteiger partial charge < -0.3 is 15.0 Å². The van der Waals surface area contributed by atoms with Crippen molar-refractivity contribution in [3.63, 3.8) is 0 Å². The van der Waals surface area contributed by atoms with Crippen LogP contribution in [0.1, 0.15) is 35.7 Å². The lowest BCUT2D eigenvalue weighted by Gasteiger charge is -2.32. The van der Waals surface area contributed by atoms with Gasteiger partial charge in [-0.05, 0) is 49.6 Å². The van der Waals surface area contributed by atoms with Crippen molar-refractivity contribution in [3.05, 3.63) is 59.7 Å². The highest BCUT2D eigenvalue weighted by atomic mass is 16.5. The van der Waals surface area contributed by atoms with Crippen LogP contribution in [0.5, 0.6) is 5.75 Å². The maximum atomic E-state index is 12.6. The van der Waals surface area contributed by atoms with E-state index in [1.165, 1.54) is 4.90 Å². The third-order valence-corrected chi connectivity index (χ3v) is 5.43. The monoisotopic (exact) mass is 407 g/mol. The molecule has 1 unspecified atom stereocenters. The fraction of sp³-hybridized carbons (Fsp3) is 0.348. The molecule has 2 aromatic rings. The highest BCUT2D eigenvalue weighted by Crippen LogP contribution is 2.33. The average Bonchev–Trinajstić information content (AvgIpc) is 3.30. The number of benzene rings is 2. The molecule has 0 saturated carbocycles. The van der Waals surface area contributed by atoms with E-state index in [-0.39, 0.29) is 30.8 Å². The molecule has 0 radical (unpaired) electrons. The Kier molecular flexibility index (Phi) is 5.70. The number of para-hydroxylation sites is 2. The molecule has 2 aromatic carbocycles. The summed E-state index contributed by atoms with van der Waals surface area (Å²) in [5, 5.41) is 2.85. The Bertz CT molecular complexity index is 968. The van der Waals surface area contributed by atoms with Crippen molar-refractivity contribution in [1.82, 2.24) is 10.2 Å². The number of carbonyl (C=O) groups excluding carboxylic acids is 3. The molecular weight excluding hydrogens is 382 g/mol. The molecule has 0 aliphatic carbocycles. The van der Waals surface area contributed by atoms with Crippen LogP contribution in [0.4, 0.5) is 5.69 Å². The molecule has 30 heavy (non-hydrogen) atoms. The van der Waals surface area contributed by atoms with E-state index in [1.807, 2.05) is 29.2 Å². The molecule has 1 atom stereocenters. The molecule has 3 amide bonds. The van der Waals surface area contributed by atoms with Gasteiger partial charge in [-0.25, -0.2) is 0 Å². The van der Waals surface area contributed by atoms with E-state index < -0.39 is 6.10 Å². The first-order valence-corrected chi connectivity index (χ1v) is 10.2. The summed E-state index contributed by atoms with van der Waals surface area (Å²) in [4.78, 5) is 41.0. The second-order valence-electron chi connectivity index (χ2n) is 7.63. The van der Waals surface area contributed by atoms with Crippen LogP contribution >= 0.6 is 0 Å². The second-order valence-corrected chi connectivity index (χ2v) is 7.63. The van der Waals surface area contributed by atoms with Gasteiger partial charge in [-0.2, -0.15) is 0 Å². The van der Waals surface area contributed by atoms with Crippen LogP contribution in [-0.2, 0) is 16.1 Å². The van der Waals surface area contributed by atoms with E-state index in [2.05, 4.69) is 5.32 Å². The number of anilines is 1. The van der Waals surface area contributed by atoms with E-state index in [1.54, 1.807) is 31.2 Å². The third-order valence-electron chi connectivity index (χ3n) is 5.43. The number of rotatable bonds is 5. The fourth-order valence-electron chi connectivity index (χ4n) is 3.84. The maximum absolute atomic E-state index is 12.6. The molecule has 1 fully saturated rings. The first-order valence-electron chi connectivity index (χ1n) is 10.2. The molecule has 156 valence electrons. The molecular formula is C23H25N3O4. The van der Waals surface area contributed by atoms with Gasteiger partial charge in [-0.15, -0.1) is 0 Å². The van der Waals surface area contributed by atoms with Crippen molar-refractivity contribution >= 4 is 23.4 Å². The van der Waals surface area contributed by atoms with Crippen molar-refractivity contribution in [1.29, 1.82) is 0 Å². The van der Waals surface area contributed by atoms with E-state index >= 15 is 0 Å². The topological polar surface area (TPSA) is 79.0 Å². The summed E-state index contributed by atoms with van der Waals surface area (Å²) in [6.07, 6.45) is 1.45. The van der Waals surface area contributed by atoms with Gasteiger partial charge in [0.05, 0.1) is 5.69 Å². The summed E-state index contributed by atoms with van der Waals surface area (Å²) in [6, 6.07) is 14.5. The molecule has 0 bridgehead atoms. The van der Waals surface area contributed by atoms with E-state index in [9.17, 15) is 14.4 Å². The first kappa shape index (κ1) is 19.9. The van der Waals surface area contributed by atoms with Crippen molar-refractivity contribution in [2.75, 3.05) is 24.5 Å². The molecule has 7 nitrogen and oxygen atoms in total. The lowest BCUT2D eigenvalue weighted by Crippen LogP contribution is -2.48. The summed E-state index contributed by atoms with van der Waals surface area (Å²) in [5.74, 6) is 0.0984. The van der Waals surface area contributed by atoms with Crippen LogP contribution in [0.2, 0.25) is 0 Å². The highest BCUT2D eigenvalue weighted by molar-refractivity contribution is 6.03. The van der Waals surface area contributed by atoms with Gasteiger partial charge in [0, 0.05) is 25.2 Å². The fourth-order valence-corrected chi connectivity index (χ4v) is 3.84. The van der Waals surface area contributed by atoms with Crippen LogP contribution in [0, 0.1) is 0 Å². The van der Waals surface area contributed by atoms with Crippen LogP contribution < -0.4 is 15.0 Å². The standard InChI is InChI=1S/C23H25N3O4/c1-16-22(28)26(19-9-2-3-10-20(19)30-16)15-21(27)24-14-17-7-6-8-18(13-17)23(29)25-11-4-5-12-25/h2-3,6-10,13,16H,4-5,11-12,14-15H2,1H3,(H,24,27). The summed E-state index contributed by atoms with van der Waals surface area (Å²) in [7, 11) is 0. The number of ether oxygens (including phenoxy) is 1. The Hall–Kier alpha value is -3.35. The minimum absolute atomic E-state index is 0.0326. The lowest BCUT2D eigenvalue weighted by molar-refractivity contribution is -0.128. The summed E-state index contributed by atoms with van der Waals surface area (Å²) in [6.45, 7) is 3.47. The van der Waals surface area contributed by atoms with Gasteiger partial charge in [0.15, 0.2) is 6.10 Å². The number of hydrogen-bond donors (Lipinski definition) is 1. The van der Waals surface area contributed by atoms with Crippen LogP contribution in [-0.4, -0.2) is 48.4 Å². The number of nitrogens with zero attached hydrogens (tertiary/aromatic N) is 2. The minimum Gasteiger partial charge on any atom is -0.479 e. The zero-order valence-corrected chi connectivity index (χ0v) is 17.0. The number of nitrogens with one attached hydrogen (secondary N) is 1. The Labute approximate surface area is 175 Å². The zero-order chi connectivity index (χ0) is 21.1. The third kappa shape index (κ3) is 4.15. The zero-order valence-electron chi connectivity index (χ0n) is 17.0. The van der Waals surface area contributed by atoms with Gasteiger partial charge in [-0.3, -0.25) is 19.3 Å². The van der Waals surface area contributed by atoms with Crippen LogP contribution in [0.25, 0.3) is 0 Å². The smallest absolute Gasteiger partial charge is 0.268 e. The summed E-state index contributed by atoms with van der Waals surface area (Å²) in [5.41, 5.74) is 2.07. The van der Waals surface area contributed by atoms with Gasteiger partial charge in [0.2, 0.25) is 5.91 Å². The summed E-state index contributed by atoms with van der Waals surface area (Å²) < 4.78 is 5.60. The number of carbonyl (C=O) groups is 3. The molecule has 2 heterocycles. The van der Waals surface area contributed by atoms with Crippen molar-refractivity contribution in [2.24, 2.45) is 0 Å². The van der Waals surface area contributed by atoms with E-state index in [0.29, 0.717) is 17.0 Å². The molecule has 1 saturated heterocycles. The average molecular weight is 407 g/mol. The normalized spacial score (nSPS) is 18.0. The Balaban J connectivity index is 1.39. The van der Waals surface area contributed by atoms with E-state index in [0.717, 1.165) is 31.5 Å². The van der Waals surface area contributed by atoms with Crippen LogP contribution in [0.3, 0.4) is 0 Å². The maximum Gasteiger partial charge on any atom is 0.268 e. The predicted octanol–water partition coefficient (Wildman–Crippen LogP) is 2.35. The second kappa shape index (κ2) is 8.57. The quantitative estimate of drug-likeness (QED) is 0.825. The first-order chi connectivity index (χ1) is 14.5. The van der Waals surface area contributed by atoms with Gasteiger partial charge in [-0.1, -0.05) is 24.3 Å². The van der Waals surface area contributed by atoms with Crippen molar-refractivity contribution in [3.8, 4) is 5.75 Å².